The summed E-state index contributed by atoms with van der Waals surface area (Å²) in [5, 5.41) is 0.713. The van der Waals surface area contributed by atoms with Crippen LogP contribution in [-0.2, 0) is 4.74 Å². The Bertz CT molecular complexity index is 287. The molecule has 2 aliphatic rings. The molecule has 0 aromatic carbocycles. The first-order valence-corrected chi connectivity index (χ1v) is 8.88. The molecule has 4 unspecified atom stereocenters. The molecule has 0 spiro atoms. The molecule has 2 heterocycles. The zero-order valence-electron chi connectivity index (χ0n) is 12.7. The number of hydrogen-bond donors (Lipinski definition) is 1. The van der Waals surface area contributed by atoms with E-state index in [1.54, 1.807) is 0 Å². The third kappa shape index (κ3) is 3.29. The molecule has 2 N–H and O–H groups in total. The average molecular weight is 286 g/mol. The normalized spacial score (nSPS) is 41.4. The summed E-state index contributed by atoms with van der Waals surface area (Å²) >= 11 is 2.10. The predicted molar refractivity (Wildman–Crippen MR) is 83.8 cm³/mol. The zero-order chi connectivity index (χ0) is 13.9. The summed E-state index contributed by atoms with van der Waals surface area (Å²) in [5.74, 6) is 1.24. The van der Waals surface area contributed by atoms with Crippen molar-refractivity contribution >= 4 is 11.8 Å². The van der Waals surface area contributed by atoms with Crippen LogP contribution in [0.4, 0.5) is 0 Å². The molecule has 112 valence electrons. The Kier molecular flexibility index (Phi) is 5.58. The zero-order valence-corrected chi connectivity index (χ0v) is 13.5. The lowest BCUT2D eigenvalue weighted by Crippen LogP contribution is -2.64. The number of nitrogens with two attached hydrogens (primary N) is 1. The molecule has 4 atom stereocenters. The van der Waals surface area contributed by atoms with E-state index < -0.39 is 0 Å². The van der Waals surface area contributed by atoms with Crippen molar-refractivity contribution in [1.82, 2.24) is 4.90 Å². The van der Waals surface area contributed by atoms with Gasteiger partial charge in [-0.3, -0.25) is 4.90 Å². The van der Waals surface area contributed by atoms with Crippen molar-refractivity contribution in [3.63, 3.8) is 0 Å². The Morgan fingerprint density at radius 3 is 2.89 bits per heavy atom. The molecule has 19 heavy (non-hydrogen) atoms. The number of nitrogens with zero attached hydrogens (tertiary/aromatic N) is 1. The second-order valence-electron chi connectivity index (χ2n) is 6.17. The van der Waals surface area contributed by atoms with Gasteiger partial charge in [0.05, 0.1) is 6.10 Å². The van der Waals surface area contributed by atoms with Gasteiger partial charge in [-0.2, -0.15) is 11.8 Å². The van der Waals surface area contributed by atoms with Crippen molar-refractivity contribution in [2.75, 3.05) is 25.4 Å². The maximum Gasteiger partial charge on any atom is 0.0593 e. The Morgan fingerprint density at radius 1 is 1.42 bits per heavy atom. The van der Waals surface area contributed by atoms with Crippen LogP contribution in [0.25, 0.3) is 0 Å². The van der Waals surface area contributed by atoms with Crippen molar-refractivity contribution in [3.05, 3.63) is 0 Å². The van der Waals surface area contributed by atoms with Crippen LogP contribution in [-0.4, -0.2) is 53.3 Å². The standard InChI is InChI=1S/C15H30N2OS/c1-4-5-14-10-15(11-16,6-8-18-14)17-7-9-19-13(3)12(17)2/h12-14H,4-11,16H2,1-3H3. The fourth-order valence-electron chi connectivity index (χ4n) is 3.67. The van der Waals surface area contributed by atoms with Crippen LogP contribution in [0.3, 0.4) is 0 Å². The van der Waals surface area contributed by atoms with Gasteiger partial charge in [0.2, 0.25) is 0 Å². The number of hydrogen-bond acceptors (Lipinski definition) is 4. The minimum Gasteiger partial charge on any atom is -0.378 e. The largest absolute Gasteiger partial charge is 0.378 e. The number of ether oxygens (including phenoxy) is 1. The van der Waals surface area contributed by atoms with Crippen LogP contribution >= 0.6 is 11.8 Å². The molecule has 2 aliphatic heterocycles. The van der Waals surface area contributed by atoms with Gasteiger partial charge < -0.3 is 10.5 Å². The van der Waals surface area contributed by atoms with E-state index in [1.165, 1.54) is 25.1 Å². The van der Waals surface area contributed by atoms with E-state index in [2.05, 4.69) is 37.4 Å². The van der Waals surface area contributed by atoms with Crippen LogP contribution in [0.2, 0.25) is 0 Å². The topological polar surface area (TPSA) is 38.5 Å². The summed E-state index contributed by atoms with van der Waals surface area (Å²) in [6.45, 7) is 9.81. The fraction of sp³-hybridized carbons (Fsp3) is 1.00. The minimum absolute atomic E-state index is 0.187. The first-order valence-electron chi connectivity index (χ1n) is 7.83. The fourth-order valence-corrected chi connectivity index (χ4v) is 4.77. The maximum absolute atomic E-state index is 6.23. The molecule has 2 rings (SSSR count). The smallest absolute Gasteiger partial charge is 0.0593 e. The molecule has 0 bridgehead atoms. The number of thioether (sulfide) groups is 1. The van der Waals surface area contributed by atoms with Gasteiger partial charge in [-0.25, -0.2) is 0 Å². The summed E-state index contributed by atoms with van der Waals surface area (Å²) < 4.78 is 5.94. The highest BCUT2D eigenvalue weighted by molar-refractivity contribution is 8.00. The van der Waals surface area contributed by atoms with Gasteiger partial charge in [-0.05, 0) is 26.2 Å². The van der Waals surface area contributed by atoms with Crippen LogP contribution in [0.5, 0.6) is 0 Å². The molecular formula is C15H30N2OS. The Balaban J connectivity index is 2.11. The third-order valence-electron chi connectivity index (χ3n) is 5.01. The van der Waals surface area contributed by atoms with Crippen molar-refractivity contribution in [1.29, 1.82) is 0 Å². The van der Waals surface area contributed by atoms with Gasteiger partial charge in [0, 0.05) is 42.3 Å². The highest BCUT2D eigenvalue weighted by Crippen LogP contribution is 2.37. The molecule has 0 aromatic rings. The van der Waals surface area contributed by atoms with E-state index in [0.717, 1.165) is 26.0 Å². The Morgan fingerprint density at radius 2 is 2.21 bits per heavy atom. The first kappa shape index (κ1) is 15.6. The monoisotopic (exact) mass is 286 g/mol. The Labute approximate surface area is 122 Å². The summed E-state index contributed by atoms with van der Waals surface area (Å²) in [4.78, 5) is 2.71. The minimum atomic E-state index is 0.187. The lowest BCUT2D eigenvalue weighted by molar-refractivity contribution is -0.0834. The van der Waals surface area contributed by atoms with Gasteiger partial charge in [-0.1, -0.05) is 20.3 Å². The van der Waals surface area contributed by atoms with Gasteiger partial charge in [0.15, 0.2) is 0 Å². The molecular weight excluding hydrogens is 256 g/mol. The van der Waals surface area contributed by atoms with Crippen molar-refractivity contribution in [2.45, 2.75) is 69.4 Å². The Hall–Kier alpha value is 0.230. The predicted octanol–water partition coefficient (Wildman–Crippen LogP) is 2.49. The van der Waals surface area contributed by atoms with Crippen LogP contribution in [0.1, 0.15) is 46.5 Å². The van der Waals surface area contributed by atoms with Gasteiger partial charge >= 0.3 is 0 Å². The van der Waals surface area contributed by atoms with E-state index in [-0.39, 0.29) is 5.54 Å². The van der Waals surface area contributed by atoms with E-state index >= 15 is 0 Å². The summed E-state index contributed by atoms with van der Waals surface area (Å²) in [6.07, 6.45) is 5.02. The number of rotatable bonds is 4. The van der Waals surface area contributed by atoms with Crippen LogP contribution in [0.15, 0.2) is 0 Å². The van der Waals surface area contributed by atoms with Crippen LogP contribution in [0, 0.1) is 0 Å². The molecule has 0 radical (unpaired) electrons. The lowest BCUT2D eigenvalue weighted by Gasteiger charge is -2.53. The third-order valence-corrected chi connectivity index (χ3v) is 6.35. The van der Waals surface area contributed by atoms with E-state index in [1.807, 2.05) is 0 Å². The van der Waals surface area contributed by atoms with Gasteiger partial charge in [0.25, 0.3) is 0 Å². The quantitative estimate of drug-likeness (QED) is 0.862. The second-order valence-corrected chi connectivity index (χ2v) is 7.66. The van der Waals surface area contributed by atoms with Gasteiger partial charge in [0.1, 0.15) is 0 Å². The highest BCUT2D eigenvalue weighted by Gasteiger charge is 2.44. The molecule has 0 aromatic heterocycles. The van der Waals surface area contributed by atoms with Gasteiger partial charge in [-0.15, -0.1) is 0 Å². The second kappa shape index (κ2) is 6.79. The van der Waals surface area contributed by atoms with Crippen molar-refractivity contribution in [2.24, 2.45) is 5.73 Å². The molecule has 0 amide bonds. The van der Waals surface area contributed by atoms with E-state index in [9.17, 15) is 0 Å². The maximum atomic E-state index is 6.23. The molecule has 4 heteroatoms. The van der Waals surface area contributed by atoms with Crippen LogP contribution < -0.4 is 5.73 Å². The first-order chi connectivity index (χ1) is 9.13. The van der Waals surface area contributed by atoms with E-state index in [4.69, 9.17) is 10.5 Å². The van der Waals surface area contributed by atoms with E-state index in [0.29, 0.717) is 17.4 Å². The molecule has 0 aliphatic carbocycles. The lowest BCUT2D eigenvalue weighted by atomic mass is 9.82. The molecule has 2 fully saturated rings. The highest BCUT2D eigenvalue weighted by atomic mass is 32.2. The molecule has 2 saturated heterocycles. The summed E-state index contributed by atoms with van der Waals surface area (Å²) in [7, 11) is 0. The van der Waals surface area contributed by atoms with Crippen molar-refractivity contribution < 1.29 is 4.74 Å². The van der Waals surface area contributed by atoms with Crippen molar-refractivity contribution in [3.8, 4) is 0 Å². The molecule has 3 nitrogen and oxygen atoms in total. The average Bonchev–Trinajstić information content (AvgIpc) is 2.42. The summed E-state index contributed by atoms with van der Waals surface area (Å²) in [6, 6.07) is 0.627. The SMILES string of the molecule is CCCC1CC(CN)(N2CCSC(C)C2C)CCO1. The molecule has 0 saturated carbocycles. The summed E-state index contributed by atoms with van der Waals surface area (Å²) in [5.41, 5.74) is 6.42.